The van der Waals surface area contributed by atoms with Gasteiger partial charge < -0.3 is 15.0 Å². The van der Waals surface area contributed by atoms with Crippen LogP contribution in [0.2, 0.25) is 5.28 Å². The Balaban J connectivity index is 1.71. The van der Waals surface area contributed by atoms with Crippen LogP contribution in [-0.2, 0) is 4.74 Å². The summed E-state index contributed by atoms with van der Waals surface area (Å²) in [6.07, 6.45) is 4.77. The van der Waals surface area contributed by atoms with E-state index in [2.05, 4.69) is 32.1 Å². The van der Waals surface area contributed by atoms with Gasteiger partial charge in [0.1, 0.15) is 0 Å². The number of hydrogen-bond acceptors (Lipinski definition) is 6. The second-order valence-electron chi connectivity index (χ2n) is 5.41. The van der Waals surface area contributed by atoms with Crippen LogP contribution in [0.15, 0.2) is 0 Å². The van der Waals surface area contributed by atoms with Crippen LogP contribution in [0.5, 0.6) is 0 Å². The van der Waals surface area contributed by atoms with Crippen LogP contribution in [-0.4, -0.2) is 46.8 Å². The average molecular weight is 298 g/mol. The molecule has 0 amide bonds. The van der Waals surface area contributed by atoms with Crippen molar-refractivity contribution in [1.29, 1.82) is 0 Å². The van der Waals surface area contributed by atoms with E-state index in [0.29, 0.717) is 11.9 Å². The first-order chi connectivity index (χ1) is 9.72. The Morgan fingerprint density at radius 2 is 2.05 bits per heavy atom. The summed E-state index contributed by atoms with van der Waals surface area (Å²) in [5, 5.41) is 3.53. The first-order valence-electron chi connectivity index (χ1n) is 7.27. The first kappa shape index (κ1) is 13.8. The van der Waals surface area contributed by atoms with Gasteiger partial charge in [0, 0.05) is 19.7 Å². The third-order valence-corrected chi connectivity index (χ3v) is 4.03. The van der Waals surface area contributed by atoms with E-state index in [1.54, 1.807) is 0 Å². The first-order valence-corrected chi connectivity index (χ1v) is 7.65. The van der Waals surface area contributed by atoms with Gasteiger partial charge in [-0.3, -0.25) is 0 Å². The van der Waals surface area contributed by atoms with E-state index in [1.165, 1.54) is 12.8 Å². The number of halogens is 1. The predicted molar refractivity (Wildman–Crippen MR) is 78.3 cm³/mol. The van der Waals surface area contributed by atoms with Gasteiger partial charge in [0.15, 0.2) is 0 Å². The molecule has 2 aliphatic heterocycles. The summed E-state index contributed by atoms with van der Waals surface area (Å²) < 4.78 is 5.67. The van der Waals surface area contributed by atoms with Crippen LogP contribution in [0.1, 0.15) is 32.6 Å². The van der Waals surface area contributed by atoms with Gasteiger partial charge in [0.25, 0.3) is 0 Å². The van der Waals surface area contributed by atoms with Gasteiger partial charge in [-0.15, -0.1) is 0 Å². The van der Waals surface area contributed by atoms with Gasteiger partial charge in [-0.2, -0.15) is 15.0 Å². The fourth-order valence-corrected chi connectivity index (χ4v) is 2.91. The molecule has 1 aromatic rings. The highest BCUT2D eigenvalue weighted by Gasteiger charge is 2.24. The number of nitrogens with zero attached hydrogens (tertiary/aromatic N) is 4. The molecule has 3 heterocycles. The van der Waals surface area contributed by atoms with E-state index in [4.69, 9.17) is 16.3 Å². The molecule has 2 fully saturated rings. The second kappa shape index (κ2) is 6.10. The van der Waals surface area contributed by atoms with Crippen molar-refractivity contribution in [3.8, 4) is 0 Å². The third-order valence-electron chi connectivity index (χ3n) is 3.86. The van der Waals surface area contributed by atoms with Crippen molar-refractivity contribution in [3.05, 3.63) is 5.28 Å². The van der Waals surface area contributed by atoms with Gasteiger partial charge in [-0.05, 0) is 44.2 Å². The number of nitrogens with one attached hydrogen (secondary N) is 1. The molecule has 0 bridgehead atoms. The number of rotatable bonds is 4. The van der Waals surface area contributed by atoms with Crippen LogP contribution in [0.3, 0.4) is 0 Å². The molecule has 3 rings (SSSR count). The normalized spacial score (nSPS) is 24.1. The highest BCUT2D eigenvalue weighted by Crippen LogP contribution is 2.21. The molecule has 0 spiro atoms. The molecule has 2 saturated heterocycles. The van der Waals surface area contributed by atoms with Crippen molar-refractivity contribution in [2.45, 2.75) is 44.8 Å². The molecule has 0 aliphatic carbocycles. The Hall–Kier alpha value is -1.14. The molecule has 0 aromatic carbocycles. The quantitative estimate of drug-likeness (QED) is 0.918. The van der Waals surface area contributed by atoms with Gasteiger partial charge in [0.05, 0.1) is 12.1 Å². The third kappa shape index (κ3) is 3.12. The molecular weight excluding hydrogens is 278 g/mol. The zero-order valence-corrected chi connectivity index (χ0v) is 12.4. The van der Waals surface area contributed by atoms with Crippen molar-refractivity contribution in [2.75, 3.05) is 29.9 Å². The lowest BCUT2D eigenvalue weighted by molar-refractivity contribution is 0.0994. The summed E-state index contributed by atoms with van der Waals surface area (Å²) in [5.41, 5.74) is 0. The predicted octanol–water partition coefficient (Wildman–Crippen LogP) is 2.10. The molecule has 2 atom stereocenters. The lowest BCUT2D eigenvalue weighted by Crippen LogP contribution is -2.31. The maximum absolute atomic E-state index is 6.01. The topological polar surface area (TPSA) is 63.2 Å². The second-order valence-corrected chi connectivity index (χ2v) is 5.74. The molecular formula is C13H20ClN5O. The number of aromatic nitrogens is 3. The number of hydrogen-bond donors (Lipinski definition) is 1. The molecule has 1 N–H and O–H groups in total. The van der Waals surface area contributed by atoms with Crippen molar-refractivity contribution in [2.24, 2.45) is 0 Å². The van der Waals surface area contributed by atoms with Gasteiger partial charge in [-0.25, -0.2) is 0 Å². The summed E-state index contributed by atoms with van der Waals surface area (Å²) in [6, 6.07) is 0.169. The largest absolute Gasteiger partial charge is 0.376 e. The lowest BCUT2D eigenvalue weighted by Gasteiger charge is -2.21. The van der Waals surface area contributed by atoms with Crippen LogP contribution in [0.4, 0.5) is 11.9 Å². The summed E-state index contributed by atoms with van der Waals surface area (Å²) in [5.74, 6) is 1.21. The summed E-state index contributed by atoms with van der Waals surface area (Å²) >= 11 is 6.01. The Morgan fingerprint density at radius 3 is 2.75 bits per heavy atom. The Kier molecular flexibility index (Phi) is 4.21. The molecule has 1 aromatic heterocycles. The summed E-state index contributed by atoms with van der Waals surface area (Å²) in [6.45, 7) is 4.90. The number of ether oxygens (including phenoxy) is 1. The molecule has 110 valence electrons. The van der Waals surface area contributed by atoms with E-state index in [0.717, 1.165) is 32.5 Å². The zero-order chi connectivity index (χ0) is 13.9. The van der Waals surface area contributed by atoms with E-state index in [-0.39, 0.29) is 17.4 Å². The van der Waals surface area contributed by atoms with Gasteiger partial charge >= 0.3 is 0 Å². The Labute approximate surface area is 123 Å². The molecule has 2 unspecified atom stereocenters. The van der Waals surface area contributed by atoms with Crippen molar-refractivity contribution < 1.29 is 4.74 Å². The molecule has 20 heavy (non-hydrogen) atoms. The SMILES string of the molecule is CC(Nc1nc(Cl)nc(N2CCCC2)n1)C1CCCO1. The van der Waals surface area contributed by atoms with Gasteiger partial charge in [-0.1, -0.05) is 0 Å². The van der Waals surface area contributed by atoms with Crippen LogP contribution >= 0.6 is 11.6 Å². The minimum atomic E-state index is 0.169. The maximum atomic E-state index is 6.01. The van der Waals surface area contributed by atoms with E-state index >= 15 is 0 Å². The van der Waals surface area contributed by atoms with Crippen molar-refractivity contribution in [3.63, 3.8) is 0 Å². The molecule has 0 radical (unpaired) electrons. The zero-order valence-electron chi connectivity index (χ0n) is 11.7. The lowest BCUT2D eigenvalue weighted by atomic mass is 10.1. The van der Waals surface area contributed by atoms with Crippen LogP contribution in [0, 0.1) is 0 Å². The van der Waals surface area contributed by atoms with E-state index in [1.807, 2.05) is 0 Å². The minimum Gasteiger partial charge on any atom is -0.376 e. The molecule has 6 nitrogen and oxygen atoms in total. The molecule has 2 aliphatic rings. The van der Waals surface area contributed by atoms with Crippen molar-refractivity contribution in [1.82, 2.24) is 15.0 Å². The Morgan fingerprint density at radius 1 is 1.25 bits per heavy atom. The fourth-order valence-electron chi connectivity index (χ4n) is 2.76. The summed E-state index contributed by atoms with van der Waals surface area (Å²) in [4.78, 5) is 15.0. The van der Waals surface area contributed by atoms with Gasteiger partial charge in [0.2, 0.25) is 17.2 Å². The average Bonchev–Trinajstić information content (AvgIpc) is 3.12. The molecule has 7 heteroatoms. The monoisotopic (exact) mass is 297 g/mol. The van der Waals surface area contributed by atoms with E-state index < -0.39 is 0 Å². The highest BCUT2D eigenvalue weighted by atomic mass is 35.5. The van der Waals surface area contributed by atoms with Crippen LogP contribution in [0.25, 0.3) is 0 Å². The van der Waals surface area contributed by atoms with Crippen molar-refractivity contribution >= 4 is 23.5 Å². The maximum Gasteiger partial charge on any atom is 0.231 e. The summed E-state index contributed by atoms with van der Waals surface area (Å²) in [7, 11) is 0. The number of anilines is 2. The minimum absolute atomic E-state index is 0.169. The standard InChI is InChI=1S/C13H20ClN5O/c1-9(10-5-4-8-20-10)15-12-16-11(14)17-13(18-12)19-6-2-3-7-19/h9-10H,2-8H2,1H3,(H,15,16,17,18). The highest BCUT2D eigenvalue weighted by molar-refractivity contribution is 6.28. The fraction of sp³-hybridized carbons (Fsp3) is 0.769. The smallest absolute Gasteiger partial charge is 0.231 e. The molecule has 0 saturated carbocycles. The van der Waals surface area contributed by atoms with E-state index in [9.17, 15) is 0 Å². The Bertz CT molecular complexity index is 460. The van der Waals surface area contributed by atoms with Crippen LogP contribution < -0.4 is 10.2 Å².